The summed E-state index contributed by atoms with van der Waals surface area (Å²) in [4.78, 5) is 17.3. The molecule has 1 aliphatic carbocycles. The summed E-state index contributed by atoms with van der Waals surface area (Å²) in [5, 5.41) is 7.12. The Morgan fingerprint density at radius 2 is 1.68 bits per heavy atom. The zero-order chi connectivity index (χ0) is 25.4. The van der Waals surface area contributed by atoms with Gasteiger partial charge in [-0.25, -0.2) is 0 Å². The van der Waals surface area contributed by atoms with Crippen LogP contribution < -0.4 is 0 Å². The molecule has 0 amide bonds. The first-order valence-electron chi connectivity index (χ1n) is 12.8. The minimum absolute atomic E-state index is 0.146. The first-order chi connectivity index (χ1) is 18.1. The fourth-order valence-electron chi connectivity index (χ4n) is 5.56. The molecule has 4 nitrogen and oxygen atoms in total. The molecule has 2 aromatic heterocycles. The van der Waals surface area contributed by atoms with Crippen molar-refractivity contribution in [2.45, 2.75) is 38.6 Å². The molecule has 0 unspecified atom stereocenters. The molecular formula is C31H27Cl2N3O. The van der Waals surface area contributed by atoms with Crippen LogP contribution in [-0.2, 0) is 6.54 Å². The minimum atomic E-state index is 0.146. The Hall–Kier alpha value is -3.34. The molecule has 3 aromatic carbocycles. The zero-order valence-electron chi connectivity index (χ0n) is 20.4. The highest BCUT2D eigenvalue weighted by atomic mass is 35.5. The van der Waals surface area contributed by atoms with Gasteiger partial charge in [-0.2, -0.15) is 5.10 Å². The lowest BCUT2D eigenvalue weighted by atomic mass is 9.94. The van der Waals surface area contributed by atoms with Crippen LogP contribution >= 0.6 is 23.2 Å². The molecule has 1 fully saturated rings. The summed E-state index contributed by atoms with van der Waals surface area (Å²) in [5.41, 5.74) is 6.42. The van der Waals surface area contributed by atoms with Gasteiger partial charge in [-0.15, -0.1) is 0 Å². The monoisotopic (exact) mass is 527 g/mol. The maximum absolute atomic E-state index is 13.8. The van der Waals surface area contributed by atoms with Crippen LogP contribution in [0.2, 0.25) is 10.0 Å². The Balaban J connectivity index is 1.56. The third kappa shape index (κ3) is 4.84. The van der Waals surface area contributed by atoms with Crippen molar-refractivity contribution in [2.75, 3.05) is 0 Å². The third-order valence-corrected chi connectivity index (χ3v) is 7.88. The Labute approximate surface area is 226 Å². The number of nitrogens with one attached hydrogen (secondary N) is 1. The molecule has 186 valence electrons. The van der Waals surface area contributed by atoms with Gasteiger partial charge in [-0.1, -0.05) is 97.4 Å². The second-order valence-corrected chi connectivity index (χ2v) is 10.8. The number of fused-ring (bicyclic) bond motifs is 1. The summed E-state index contributed by atoms with van der Waals surface area (Å²) in [7, 11) is 0. The highest BCUT2D eigenvalue weighted by molar-refractivity contribution is 6.31. The van der Waals surface area contributed by atoms with Crippen LogP contribution in [0, 0.1) is 5.92 Å². The van der Waals surface area contributed by atoms with Crippen molar-refractivity contribution in [3.8, 4) is 22.4 Å². The molecule has 37 heavy (non-hydrogen) atoms. The molecule has 1 saturated carbocycles. The van der Waals surface area contributed by atoms with Gasteiger partial charge in [0, 0.05) is 38.5 Å². The molecule has 0 radical (unpaired) electrons. The molecule has 0 bridgehead atoms. The molecule has 0 aliphatic heterocycles. The molecule has 1 N–H and O–H groups in total. The maximum Gasteiger partial charge on any atom is 0.180 e. The largest absolute Gasteiger partial charge is 0.351 e. The summed E-state index contributed by atoms with van der Waals surface area (Å²) < 4.78 is 2.00. The number of nitrogens with zero attached hydrogens (tertiary/aromatic N) is 2. The van der Waals surface area contributed by atoms with Gasteiger partial charge in [0.15, 0.2) is 5.78 Å². The standard InChI is InChI=1S/C31H27Cl2N3O/c32-23-12-10-21(11-13-23)19-36-31(26(18-34-36)22-8-2-1-3-9-22)29-25-15-14-24(33)17-27(25)35-30(29)28(37)16-20-6-4-5-7-20/h1-3,8-15,17-18,20,35H,4-7,16,19H2. The number of rotatable bonds is 7. The number of hydrogen-bond donors (Lipinski definition) is 1. The van der Waals surface area contributed by atoms with E-state index >= 15 is 0 Å². The van der Waals surface area contributed by atoms with Crippen LogP contribution in [0.5, 0.6) is 0 Å². The number of carbonyl (C=O) groups excluding carboxylic acids is 1. The predicted octanol–water partition coefficient (Wildman–Crippen LogP) is 8.82. The molecule has 6 heteroatoms. The fourth-order valence-corrected chi connectivity index (χ4v) is 5.86. The van der Waals surface area contributed by atoms with Crippen LogP contribution in [0.1, 0.15) is 48.2 Å². The van der Waals surface area contributed by atoms with Crippen LogP contribution in [0.3, 0.4) is 0 Å². The van der Waals surface area contributed by atoms with E-state index in [4.69, 9.17) is 28.3 Å². The number of aromatic amines is 1. The third-order valence-electron chi connectivity index (χ3n) is 7.39. The number of H-pyrrole nitrogens is 1. The first kappa shape index (κ1) is 24.0. The summed E-state index contributed by atoms with van der Waals surface area (Å²) in [6, 6.07) is 23.8. The van der Waals surface area contributed by atoms with E-state index in [0.29, 0.717) is 34.6 Å². The molecule has 5 aromatic rings. The lowest BCUT2D eigenvalue weighted by Crippen LogP contribution is -2.10. The Bertz CT molecular complexity index is 1560. The van der Waals surface area contributed by atoms with Crippen LogP contribution in [-0.4, -0.2) is 20.5 Å². The average molecular weight is 528 g/mol. The SMILES string of the molecule is O=C(CC1CCCC1)c1[nH]c2cc(Cl)ccc2c1-c1c(-c2ccccc2)cnn1Cc1ccc(Cl)cc1. The van der Waals surface area contributed by atoms with Crippen LogP contribution in [0.25, 0.3) is 33.3 Å². The molecule has 0 saturated heterocycles. The van der Waals surface area contributed by atoms with Gasteiger partial charge in [0.25, 0.3) is 0 Å². The summed E-state index contributed by atoms with van der Waals surface area (Å²) in [6.07, 6.45) is 7.12. The summed E-state index contributed by atoms with van der Waals surface area (Å²) >= 11 is 12.5. The summed E-state index contributed by atoms with van der Waals surface area (Å²) in [6.45, 7) is 0.551. The van der Waals surface area contributed by atoms with Crippen molar-refractivity contribution >= 4 is 39.9 Å². The first-order valence-corrected chi connectivity index (χ1v) is 13.5. The highest BCUT2D eigenvalue weighted by Gasteiger charge is 2.28. The maximum atomic E-state index is 13.8. The Morgan fingerprint density at radius 3 is 2.43 bits per heavy atom. The topological polar surface area (TPSA) is 50.7 Å². The van der Waals surface area contributed by atoms with Gasteiger partial charge in [0.2, 0.25) is 0 Å². The molecule has 2 heterocycles. The molecule has 0 spiro atoms. The molecular weight excluding hydrogens is 501 g/mol. The number of hydrogen-bond acceptors (Lipinski definition) is 2. The quantitative estimate of drug-likeness (QED) is 0.215. The van der Waals surface area contributed by atoms with Gasteiger partial charge >= 0.3 is 0 Å². The number of Topliss-reactive ketones (excluding diaryl/α,β-unsaturated/α-hetero) is 1. The van der Waals surface area contributed by atoms with Crippen LogP contribution in [0.4, 0.5) is 0 Å². The van der Waals surface area contributed by atoms with Gasteiger partial charge < -0.3 is 4.98 Å². The van der Waals surface area contributed by atoms with Gasteiger partial charge in [-0.3, -0.25) is 9.48 Å². The predicted molar refractivity (Wildman–Crippen MR) is 151 cm³/mol. The van der Waals surface area contributed by atoms with E-state index in [-0.39, 0.29) is 5.78 Å². The van der Waals surface area contributed by atoms with Crippen molar-refractivity contribution in [2.24, 2.45) is 5.92 Å². The van der Waals surface area contributed by atoms with Gasteiger partial charge in [-0.05, 0) is 41.3 Å². The smallest absolute Gasteiger partial charge is 0.180 e. The van der Waals surface area contributed by atoms with E-state index in [1.165, 1.54) is 12.8 Å². The van der Waals surface area contributed by atoms with Crippen molar-refractivity contribution < 1.29 is 4.79 Å². The highest BCUT2D eigenvalue weighted by Crippen LogP contribution is 2.41. The second-order valence-electron chi connectivity index (χ2n) is 9.90. The number of benzene rings is 3. The Morgan fingerprint density at radius 1 is 0.946 bits per heavy atom. The average Bonchev–Trinajstić information content (AvgIpc) is 3.64. The lowest BCUT2D eigenvalue weighted by molar-refractivity contribution is 0.0958. The number of carbonyl (C=O) groups is 1. The van der Waals surface area contributed by atoms with Crippen molar-refractivity contribution in [1.82, 2.24) is 14.8 Å². The fraction of sp³-hybridized carbons (Fsp3) is 0.226. The van der Waals surface area contributed by atoms with Crippen molar-refractivity contribution in [3.63, 3.8) is 0 Å². The second kappa shape index (κ2) is 10.2. The van der Waals surface area contributed by atoms with E-state index in [2.05, 4.69) is 17.1 Å². The molecule has 6 rings (SSSR count). The minimum Gasteiger partial charge on any atom is -0.351 e. The van der Waals surface area contributed by atoms with E-state index in [9.17, 15) is 4.79 Å². The normalized spacial score (nSPS) is 14.0. The number of ketones is 1. The van der Waals surface area contributed by atoms with Crippen molar-refractivity contribution in [1.29, 1.82) is 0 Å². The Kier molecular flexibility index (Phi) is 6.62. The van der Waals surface area contributed by atoms with Crippen LogP contribution in [0.15, 0.2) is 79.0 Å². The van der Waals surface area contributed by atoms with Crippen molar-refractivity contribution in [3.05, 3.63) is 100 Å². The number of halogens is 2. The lowest BCUT2D eigenvalue weighted by Gasteiger charge is -2.13. The van der Waals surface area contributed by atoms with E-state index < -0.39 is 0 Å². The number of aromatic nitrogens is 3. The zero-order valence-corrected chi connectivity index (χ0v) is 21.9. The van der Waals surface area contributed by atoms with Gasteiger partial charge in [0.05, 0.1) is 24.1 Å². The van der Waals surface area contributed by atoms with E-state index in [1.807, 2.05) is 71.5 Å². The van der Waals surface area contributed by atoms with Gasteiger partial charge in [0.1, 0.15) is 0 Å². The molecule has 1 aliphatic rings. The summed E-state index contributed by atoms with van der Waals surface area (Å²) in [5.74, 6) is 0.593. The van der Waals surface area contributed by atoms with E-state index in [0.717, 1.165) is 51.7 Å². The molecule has 0 atom stereocenters. The van der Waals surface area contributed by atoms with E-state index in [1.54, 1.807) is 0 Å².